The van der Waals surface area contributed by atoms with E-state index in [9.17, 15) is 19.5 Å². The summed E-state index contributed by atoms with van der Waals surface area (Å²) in [5, 5.41) is 25.8. The molecule has 1 aromatic carbocycles. The molecule has 0 saturated heterocycles. The van der Waals surface area contributed by atoms with Crippen LogP contribution in [0.25, 0.3) is 10.9 Å². The van der Waals surface area contributed by atoms with Gasteiger partial charge in [-0.2, -0.15) is 5.10 Å². The van der Waals surface area contributed by atoms with E-state index in [-0.39, 0.29) is 5.69 Å². The number of benzene rings is 1. The fraction of sp³-hybridized carbons (Fsp3) is 0.500. The molecule has 1 fully saturated rings. The largest absolute Gasteiger partial charge is 0.481 e. The number of amides is 1. The van der Waals surface area contributed by atoms with Gasteiger partial charge in [-0.05, 0) is 31.7 Å². The maximum atomic E-state index is 12.8. The molecule has 3 rings (SSSR count). The summed E-state index contributed by atoms with van der Waals surface area (Å²) in [6, 6.07) is 5.78. The third-order valence-electron chi connectivity index (χ3n) is 5.47. The van der Waals surface area contributed by atoms with Crippen LogP contribution in [0.4, 0.5) is 0 Å². The predicted molar refractivity (Wildman–Crippen MR) is 102 cm³/mol. The first-order chi connectivity index (χ1) is 13.4. The second-order valence-corrected chi connectivity index (χ2v) is 7.47. The van der Waals surface area contributed by atoms with Gasteiger partial charge in [-0.25, -0.2) is 4.79 Å². The number of rotatable bonds is 7. The van der Waals surface area contributed by atoms with E-state index in [2.05, 4.69) is 10.4 Å². The Morgan fingerprint density at radius 3 is 2.46 bits per heavy atom. The Labute approximate surface area is 162 Å². The number of hydrogen-bond donors (Lipinski definition) is 3. The second-order valence-electron chi connectivity index (χ2n) is 7.47. The second kappa shape index (κ2) is 8.41. The molecule has 0 radical (unpaired) electrons. The highest BCUT2D eigenvalue weighted by Crippen LogP contribution is 2.27. The highest BCUT2D eigenvalue weighted by molar-refractivity contribution is 6.06. The SMILES string of the molecule is CC(C(=O)O)C(NC(=O)c1nn(CC2CCCCC2)c2ccccc12)C(=O)O. The van der Waals surface area contributed by atoms with E-state index < -0.39 is 29.8 Å². The van der Waals surface area contributed by atoms with Gasteiger partial charge in [-0.15, -0.1) is 0 Å². The molecule has 0 spiro atoms. The lowest BCUT2D eigenvalue weighted by Crippen LogP contribution is -2.47. The minimum absolute atomic E-state index is 0.121. The van der Waals surface area contributed by atoms with Crippen molar-refractivity contribution in [1.82, 2.24) is 15.1 Å². The number of para-hydroxylation sites is 1. The molecular formula is C20H25N3O5. The third-order valence-corrected chi connectivity index (χ3v) is 5.47. The molecule has 1 aromatic heterocycles. The Bertz CT molecular complexity index is 885. The predicted octanol–water partition coefficient (Wildman–Crippen LogP) is 2.52. The Morgan fingerprint density at radius 1 is 1.14 bits per heavy atom. The van der Waals surface area contributed by atoms with Crippen molar-refractivity contribution in [3.05, 3.63) is 30.0 Å². The van der Waals surface area contributed by atoms with Crippen molar-refractivity contribution < 1.29 is 24.6 Å². The highest BCUT2D eigenvalue weighted by Gasteiger charge is 2.33. The van der Waals surface area contributed by atoms with Crippen LogP contribution in [-0.4, -0.2) is 43.9 Å². The van der Waals surface area contributed by atoms with Crippen molar-refractivity contribution >= 4 is 28.7 Å². The molecule has 1 saturated carbocycles. The summed E-state index contributed by atoms with van der Waals surface area (Å²) in [5.74, 6) is -4.13. The zero-order valence-corrected chi connectivity index (χ0v) is 15.8. The van der Waals surface area contributed by atoms with Crippen LogP contribution >= 0.6 is 0 Å². The van der Waals surface area contributed by atoms with Gasteiger partial charge >= 0.3 is 11.9 Å². The van der Waals surface area contributed by atoms with E-state index in [0.717, 1.165) is 18.4 Å². The van der Waals surface area contributed by atoms with Gasteiger partial charge in [0, 0.05) is 11.9 Å². The first-order valence-electron chi connectivity index (χ1n) is 9.60. The van der Waals surface area contributed by atoms with Crippen molar-refractivity contribution in [3.63, 3.8) is 0 Å². The molecule has 2 unspecified atom stereocenters. The summed E-state index contributed by atoms with van der Waals surface area (Å²) in [6.45, 7) is 1.96. The smallest absolute Gasteiger partial charge is 0.327 e. The molecule has 1 aliphatic rings. The van der Waals surface area contributed by atoms with Crippen LogP contribution < -0.4 is 5.32 Å². The van der Waals surface area contributed by atoms with Crippen LogP contribution in [0.3, 0.4) is 0 Å². The Balaban J connectivity index is 1.88. The van der Waals surface area contributed by atoms with Crippen LogP contribution in [0, 0.1) is 11.8 Å². The van der Waals surface area contributed by atoms with Crippen LogP contribution in [0.2, 0.25) is 0 Å². The quantitative estimate of drug-likeness (QED) is 0.671. The maximum Gasteiger partial charge on any atom is 0.327 e. The van der Waals surface area contributed by atoms with Crippen molar-refractivity contribution in [2.45, 2.75) is 51.6 Å². The average Bonchev–Trinajstić information content (AvgIpc) is 3.04. The molecule has 150 valence electrons. The van der Waals surface area contributed by atoms with Crippen LogP contribution in [0.15, 0.2) is 24.3 Å². The van der Waals surface area contributed by atoms with Crippen LogP contribution in [0.1, 0.15) is 49.5 Å². The molecule has 3 N–H and O–H groups in total. The van der Waals surface area contributed by atoms with Gasteiger partial charge < -0.3 is 15.5 Å². The zero-order valence-electron chi connectivity index (χ0n) is 15.8. The van der Waals surface area contributed by atoms with Gasteiger partial charge in [0.2, 0.25) is 0 Å². The molecule has 28 heavy (non-hydrogen) atoms. The van der Waals surface area contributed by atoms with Crippen molar-refractivity contribution in [3.8, 4) is 0 Å². The molecule has 8 heteroatoms. The topological polar surface area (TPSA) is 122 Å². The number of nitrogens with one attached hydrogen (secondary N) is 1. The molecule has 2 atom stereocenters. The molecule has 2 aromatic rings. The van der Waals surface area contributed by atoms with Gasteiger partial charge in [0.25, 0.3) is 5.91 Å². The summed E-state index contributed by atoms with van der Waals surface area (Å²) in [4.78, 5) is 35.4. The van der Waals surface area contributed by atoms with Gasteiger partial charge in [-0.3, -0.25) is 14.3 Å². The molecule has 1 heterocycles. The first kappa shape index (κ1) is 19.9. The monoisotopic (exact) mass is 387 g/mol. The van der Waals surface area contributed by atoms with E-state index in [1.807, 2.05) is 16.8 Å². The van der Waals surface area contributed by atoms with Crippen LogP contribution in [-0.2, 0) is 16.1 Å². The number of nitrogens with zero attached hydrogens (tertiary/aromatic N) is 2. The standard InChI is InChI=1S/C20H25N3O5/c1-12(19(25)26)16(20(27)28)21-18(24)17-14-9-5-6-10-15(14)23(22-17)11-13-7-3-2-4-8-13/h5-6,9-10,12-13,16H,2-4,7-8,11H2,1H3,(H,21,24)(H,25,26)(H,27,28). The van der Waals surface area contributed by atoms with Gasteiger partial charge in [0.15, 0.2) is 5.69 Å². The van der Waals surface area contributed by atoms with Crippen LogP contribution in [0.5, 0.6) is 0 Å². The summed E-state index contributed by atoms with van der Waals surface area (Å²) in [6.07, 6.45) is 5.91. The molecule has 0 aliphatic heterocycles. The highest BCUT2D eigenvalue weighted by atomic mass is 16.4. The number of hydrogen-bond acceptors (Lipinski definition) is 4. The fourth-order valence-corrected chi connectivity index (χ4v) is 3.80. The number of aromatic nitrogens is 2. The third kappa shape index (κ3) is 4.16. The van der Waals surface area contributed by atoms with Crippen molar-refractivity contribution in [2.24, 2.45) is 11.8 Å². The number of carbonyl (C=O) groups is 3. The Hall–Kier alpha value is -2.90. The number of carboxylic acid groups (broad SMARTS) is 2. The maximum absolute atomic E-state index is 12.8. The minimum Gasteiger partial charge on any atom is -0.481 e. The lowest BCUT2D eigenvalue weighted by Gasteiger charge is -2.21. The normalized spacial score (nSPS) is 17.2. The number of aliphatic carboxylic acids is 2. The summed E-state index contributed by atoms with van der Waals surface area (Å²) >= 11 is 0. The minimum atomic E-state index is -1.53. The Morgan fingerprint density at radius 2 is 1.82 bits per heavy atom. The first-order valence-corrected chi connectivity index (χ1v) is 9.60. The van der Waals surface area contributed by atoms with Crippen molar-refractivity contribution in [2.75, 3.05) is 0 Å². The number of carbonyl (C=O) groups excluding carboxylic acids is 1. The van der Waals surface area contributed by atoms with E-state index >= 15 is 0 Å². The van der Waals surface area contributed by atoms with Gasteiger partial charge in [-0.1, -0.05) is 37.5 Å². The Kier molecular flexibility index (Phi) is 5.96. The molecule has 8 nitrogen and oxygen atoms in total. The summed E-state index contributed by atoms with van der Waals surface area (Å²) in [5.41, 5.74) is 0.937. The number of carboxylic acids is 2. The lowest BCUT2D eigenvalue weighted by molar-refractivity contribution is -0.149. The molecular weight excluding hydrogens is 362 g/mol. The summed E-state index contributed by atoms with van der Waals surface area (Å²) < 4.78 is 1.82. The average molecular weight is 387 g/mol. The zero-order chi connectivity index (χ0) is 20.3. The molecule has 1 aliphatic carbocycles. The van der Waals surface area contributed by atoms with E-state index in [1.54, 1.807) is 12.1 Å². The van der Waals surface area contributed by atoms with E-state index in [4.69, 9.17) is 5.11 Å². The fourth-order valence-electron chi connectivity index (χ4n) is 3.80. The number of fused-ring (bicyclic) bond motifs is 1. The molecule has 1 amide bonds. The van der Waals surface area contributed by atoms with Crippen molar-refractivity contribution in [1.29, 1.82) is 0 Å². The van der Waals surface area contributed by atoms with Gasteiger partial charge in [0.1, 0.15) is 6.04 Å². The molecule has 0 bridgehead atoms. The van der Waals surface area contributed by atoms with E-state index in [0.29, 0.717) is 17.8 Å². The van der Waals surface area contributed by atoms with Gasteiger partial charge in [0.05, 0.1) is 11.4 Å². The summed E-state index contributed by atoms with van der Waals surface area (Å²) in [7, 11) is 0. The lowest BCUT2D eigenvalue weighted by atomic mass is 9.89. The van der Waals surface area contributed by atoms with E-state index in [1.165, 1.54) is 26.2 Å².